The molecule has 0 aromatic rings. The van der Waals surface area contributed by atoms with Crippen molar-refractivity contribution in [1.82, 2.24) is 0 Å². The molecule has 0 aromatic carbocycles. The van der Waals surface area contributed by atoms with Gasteiger partial charge in [-0.2, -0.15) is 0 Å². The first-order valence-corrected chi connectivity index (χ1v) is 0. The number of hydrogen-bond acceptors (Lipinski definition) is 0. The first kappa shape index (κ1) is 36.9. The van der Waals surface area contributed by atoms with Crippen LogP contribution in [0.2, 0.25) is 0 Å². The zero-order valence-corrected chi connectivity index (χ0v) is 11.0. The maximum absolute atomic E-state index is 0. The van der Waals surface area contributed by atoms with E-state index in [0.717, 1.165) is 0 Å². The molecule has 0 unspecified atom stereocenters. The average Bonchev–Trinajstić information content (AvgIpc) is 0. The Morgan fingerprint density at radius 2 is 1.20 bits per heavy atom. The fourth-order valence-corrected chi connectivity index (χ4v) is 0. The van der Waals surface area contributed by atoms with Crippen LogP contribution in [0.15, 0.2) is 0 Å². The van der Waals surface area contributed by atoms with Gasteiger partial charge in [0.05, 0.1) is 0 Å². The molecule has 0 aromatic heterocycles. The maximum atomic E-state index is 0. The van der Waals surface area contributed by atoms with E-state index in [-0.39, 0.29) is 123 Å². The molecule has 0 nitrogen and oxygen atoms in total. The van der Waals surface area contributed by atoms with Gasteiger partial charge in [-0.15, -0.1) is 0 Å². The van der Waals surface area contributed by atoms with Gasteiger partial charge in [-0.1, -0.05) is 0 Å². The Kier molecular flexibility index (Phi) is 184. The minimum Gasteiger partial charge on any atom is -1.00 e. The molecule has 0 amide bonds. The fraction of sp³-hybridized carbons (Fsp3) is 0. The third-order valence-corrected chi connectivity index (χ3v) is 0. The minimum atomic E-state index is 0. The van der Waals surface area contributed by atoms with Crippen LogP contribution < -0.4 is 18.9 Å². The van der Waals surface area contributed by atoms with Gasteiger partial charge in [0, 0.05) is 76.5 Å². The van der Waals surface area contributed by atoms with Crippen molar-refractivity contribution in [3.63, 3.8) is 0 Å². The van der Waals surface area contributed by atoms with E-state index in [1.54, 1.807) is 0 Å². The van der Waals surface area contributed by atoms with E-state index in [1.165, 1.54) is 0 Å². The van der Waals surface area contributed by atoms with Gasteiger partial charge in [-0.05, 0) is 0 Å². The van der Waals surface area contributed by atoms with Crippen LogP contribution in [0.1, 0.15) is 4.28 Å². The van der Waals surface area contributed by atoms with Crippen LogP contribution in [-0.4, -0.2) is 23.1 Å². The van der Waals surface area contributed by atoms with Gasteiger partial charge in [0.15, 0.2) is 0 Å². The number of rotatable bonds is 0. The summed E-state index contributed by atoms with van der Waals surface area (Å²) in [5.74, 6) is 0. The van der Waals surface area contributed by atoms with E-state index in [2.05, 4.69) is 0 Å². The molecule has 0 atom stereocenters. The van der Waals surface area contributed by atoms with Gasteiger partial charge in [0.25, 0.3) is 0 Å². The van der Waals surface area contributed by atoms with Crippen LogP contribution in [0.25, 0.3) is 0 Å². The quantitative estimate of drug-likeness (QED) is 0.417. The van der Waals surface area contributed by atoms with Gasteiger partial charge >= 0.3 is 41.9 Å². The first-order chi connectivity index (χ1) is 0. The van der Waals surface area contributed by atoms with Gasteiger partial charge in [0.2, 0.25) is 0 Å². The predicted molar refractivity (Wildman–Crippen MR) is 9.09 cm³/mol. The molecule has 0 saturated carbocycles. The minimum absolute atomic E-state index is 0. The summed E-state index contributed by atoms with van der Waals surface area (Å²) in [6.07, 6.45) is 0. The Morgan fingerprint density at radius 3 is 1.20 bits per heavy atom. The SMILES string of the molecule is [Gd].[H-].[H-].[H-].[Li+].[Mg+2].[Mn].[Zn]. The van der Waals surface area contributed by atoms with E-state index in [9.17, 15) is 0 Å². The molecule has 5 heteroatoms. The van der Waals surface area contributed by atoms with Crippen molar-refractivity contribution >= 4 is 23.1 Å². The Balaban J connectivity index is 0. The summed E-state index contributed by atoms with van der Waals surface area (Å²) in [5.41, 5.74) is 0. The second-order valence-electron chi connectivity index (χ2n) is 0. The molecule has 0 bridgehead atoms. The van der Waals surface area contributed by atoms with Gasteiger partial charge in [-0.3, -0.25) is 0 Å². The summed E-state index contributed by atoms with van der Waals surface area (Å²) in [6, 6.07) is 0. The Labute approximate surface area is 120 Å². The van der Waals surface area contributed by atoms with Crippen LogP contribution in [0, 0.1) is 39.9 Å². The Bertz CT molecular complexity index is 19.2. The van der Waals surface area contributed by atoms with Crippen molar-refractivity contribution in [2.45, 2.75) is 0 Å². The molecule has 0 aliphatic heterocycles. The summed E-state index contributed by atoms with van der Waals surface area (Å²) >= 11 is 0. The second-order valence-corrected chi connectivity index (χ2v) is 0. The van der Waals surface area contributed by atoms with E-state index < -0.39 is 0 Å². The molecule has 23 valence electrons. The monoisotopic (exact) mass is 311 g/mol. The molecule has 0 N–H and O–H groups in total. The summed E-state index contributed by atoms with van der Waals surface area (Å²) in [4.78, 5) is 0. The molecule has 0 aliphatic carbocycles. The zero-order chi connectivity index (χ0) is 0. The van der Waals surface area contributed by atoms with Crippen LogP contribution in [0.3, 0.4) is 0 Å². The van der Waals surface area contributed by atoms with E-state index >= 15 is 0 Å². The summed E-state index contributed by atoms with van der Waals surface area (Å²) < 4.78 is 0. The van der Waals surface area contributed by atoms with Crippen molar-refractivity contribution < 1.29 is 99.6 Å². The average molecular weight is 312 g/mol. The van der Waals surface area contributed by atoms with Crippen LogP contribution in [0.5, 0.6) is 0 Å². The molecule has 0 saturated heterocycles. The normalized spacial score (nSPS) is 0. The third-order valence-electron chi connectivity index (χ3n) is 0. The largest absolute Gasteiger partial charge is 2.00 e. The van der Waals surface area contributed by atoms with Gasteiger partial charge in [0.1, 0.15) is 0 Å². The smallest absolute Gasteiger partial charge is 1.00 e. The Morgan fingerprint density at radius 1 is 1.20 bits per heavy atom. The molecule has 0 aliphatic rings. The molecular formula is H3GdLiMgMnZn. The molecule has 0 fully saturated rings. The fourth-order valence-electron chi connectivity index (χ4n) is 0. The summed E-state index contributed by atoms with van der Waals surface area (Å²) in [7, 11) is 0. The van der Waals surface area contributed by atoms with E-state index in [0.29, 0.717) is 0 Å². The number of hydrogen-bond donors (Lipinski definition) is 0. The van der Waals surface area contributed by atoms with Crippen molar-refractivity contribution in [3.05, 3.63) is 0 Å². The van der Waals surface area contributed by atoms with Crippen molar-refractivity contribution in [3.8, 4) is 0 Å². The molecule has 5 heavy (non-hydrogen) atoms. The topological polar surface area (TPSA) is 0 Å². The second kappa shape index (κ2) is 24.9. The van der Waals surface area contributed by atoms with Gasteiger partial charge in [-0.25, -0.2) is 0 Å². The van der Waals surface area contributed by atoms with Gasteiger partial charge < -0.3 is 4.28 Å². The van der Waals surface area contributed by atoms with Crippen LogP contribution in [0.4, 0.5) is 0 Å². The molecular weight excluding hydrogens is 309 g/mol. The summed E-state index contributed by atoms with van der Waals surface area (Å²) in [6.45, 7) is 0. The van der Waals surface area contributed by atoms with Crippen LogP contribution in [-0.2, 0) is 36.5 Å². The van der Waals surface area contributed by atoms with E-state index in [1.807, 2.05) is 0 Å². The standard InChI is InChI=1S/Gd.Li.Mg.Mn.Zn.3H/q;+1;+2;;;3*-1. The molecule has 0 heterocycles. The van der Waals surface area contributed by atoms with Crippen LogP contribution >= 0.6 is 0 Å². The zero-order valence-electron chi connectivity index (χ0n) is 6.15. The summed E-state index contributed by atoms with van der Waals surface area (Å²) in [5, 5.41) is 0. The molecule has 0 spiro atoms. The molecule has 1 radical (unpaired) electrons. The third kappa shape index (κ3) is 18.1. The van der Waals surface area contributed by atoms with Crippen molar-refractivity contribution in [1.29, 1.82) is 0 Å². The van der Waals surface area contributed by atoms with E-state index in [4.69, 9.17) is 0 Å². The van der Waals surface area contributed by atoms with Crippen molar-refractivity contribution in [2.24, 2.45) is 0 Å². The Hall–Kier alpha value is 3.83. The van der Waals surface area contributed by atoms with Crippen molar-refractivity contribution in [2.75, 3.05) is 0 Å². The first-order valence-electron chi connectivity index (χ1n) is 0. The maximum Gasteiger partial charge on any atom is 2.00 e. The molecule has 0 rings (SSSR count). The predicted octanol–water partition coefficient (Wildman–Crippen LogP) is -3.04.